The number of thiophene rings is 1. The summed E-state index contributed by atoms with van der Waals surface area (Å²) in [6.07, 6.45) is -0.307. The summed E-state index contributed by atoms with van der Waals surface area (Å²) in [4.78, 5) is 0. The summed E-state index contributed by atoms with van der Waals surface area (Å²) in [7, 11) is -7.14. The van der Waals surface area contributed by atoms with E-state index in [-0.39, 0.29) is 38.4 Å². The van der Waals surface area contributed by atoms with Crippen LogP contribution in [0.1, 0.15) is 13.8 Å². The van der Waals surface area contributed by atoms with E-state index < -0.39 is 20.2 Å². The molecule has 0 unspecified atom stereocenters. The smallest absolute Gasteiger partial charge is 0.282 e. The fraction of sp³-hybridized carbons (Fsp3) is 0.714. The first-order chi connectivity index (χ1) is 11.7. The highest BCUT2D eigenvalue weighted by Crippen LogP contribution is 2.24. The minimum Gasteiger partial charge on any atom is -0.373 e. The number of hydrogen-bond acceptors (Lipinski definition) is 6. The van der Waals surface area contributed by atoms with Crippen LogP contribution >= 0.6 is 11.3 Å². The summed E-state index contributed by atoms with van der Waals surface area (Å²) in [6, 6.07) is 3.26. The average Bonchev–Trinajstić information content (AvgIpc) is 3.09. The minimum atomic E-state index is -3.61. The van der Waals surface area contributed by atoms with Crippen molar-refractivity contribution in [2.24, 2.45) is 0 Å². The maximum atomic E-state index is 12.8. The van der Waals surface area contributed by atoms with Crippen LogP contribution in [0, 0.1) is 0 Å². The Bertz CT molecular complexity index is 776. The number of rotatable bonds is 4. The first-order valence-corrected chi connectivity index (χ1v) is 11.9. The molecule has 25 heavy (non-hydrogen) atoms. The average molecular weight is 410 g/mol. The summed E-state index contributed by atoms with van der Waals surface area (Å²) in [5, 5.41) is 1.72. The van der Waals surface area contributed by atoms with Crippen molar-refractivity contribution in [3.63, 3.8) is 0 Å². The van der Waals surface area contributed by atoms with Gasteiger partial charge in [0.05, 0.1) is 12.2 Å². The largest absolute Gasteiger partial charge is 0.373 e. The van der Waals surface area contributed by atoms with Crippen molar-refractivity contribution in [1.29, 1.82) is 0 Å². The Balaban J connectivity index is 1.67. The van der Waals surface area contributed by atoms with E-state index in [0.717, 1.165) is 0 Å². The van der Waals surface area contributed by atoms with Crippen LogP contribution < -0.4 is 0 Å². The second-order valence-corrected chi connectivity index (χ2v) is 11.4. The van der Waals surface area contributed by atoms with Crippen molar-refractivity contribution in [2.75, 3.05) is 39.3 Å². The zero-order chi connectivity index (χ0) is 18.2. The number of ether oxygens (including phenoxy) is 1. The predicted octanol–water partition coefficient (Wildman–Crippen LogP) is 0.408. The summed E-state index contributed by atoms with van der Waals surface area (Å²) >= 11 is 1.17. The van der Waals surface area contributed by atoms with Crippen LogP contribution in [-0.4, -0.2) is 81.2 Å². The lowest BCUT2D eigenvalue weighted by molar-refractivity contribution is -0.0456. The van der Waals surface area contributed by atoms with Gasteiger partial charge in [-0.1, -0.05) is 6.07 Å². The van der Waals surface area contributed by atoms with E-state index in [1.54, 1.807) is 17.5 Å². The normalized spacial score (nSPS) is 28.2. The van der Waals surface area contributed by atoms with Crippen molar-refractivity contribution in [3.8, 4) is 0 Å². The Morgan fingerprint density at radius 1 is 0.960 bits per heavy atom. The van der Waals surface area contributed by atoms with Gasteiger partial charge >= 0.3 is 0 Å². The molecule has 0 aromatic carbocycles. The van der Waals surface area contributed by atoms with Gasteiger partial charge in [0.25, 0.3) is 20.2 Å². The van der Waals surface area contributed by atoms with Crippen molar-refractivity contribution < 1.29 is 21.6 Å². The molecule has 142 valence electrons. The molecule has 0 bridgehead atoms. The zero-order valence-corrected chi connectivity index (χ0v) is 16.7. The van der Waals surface area contributed by atoms with Gasteiger partial charge in [-0.15, -0.1) is 11.3 Å². The zero-order valence-electron chi connectivity index (χ0n) is 14.2. The molecule has 0 spiro atoms. The molecule has 0 amide bonds. The number of hydrogen-bond donors (Lipinski definition) is 0. The van der Waals surface area contributed by atoms with Crippen LogP contribution in [0.25, 0.3) is 0 Å². The topological polar surface area (TPSA) is 87.2 Å². The number of morpholine rings is 1. The molecule has 11 heteroatoms. The molecule has 0 aliphatic carbocycles. The fourth-order valence-corrected chi connectivity index (χ4v) is 7.48. The standard InChI is InChI=1S/C14H23N3O5S3/c1-12-10-17(11-13(2)22-12)25(20,21)16-7-5-15(6-8-16)24(18,19)14-4-3-9-23-14/h3-4,9,12-13H,5-8,10-11H2,1-2H3/t12-,13+. The van der Waals surface area contributed by atoms with Crippen LogP contribution in [0.2, 0.25) is 0 Å². The van der Waals surface area contributed by atoms with Gasteiger partial charge in [-0.05, 0) is 25.3 Å². The Hall–Kier alpha value is -0.560. The van der Waals surface area contributed by atoms with E-state index >= 15 is 0 Å². The highest BCUT2D eigenvalue weighted by molar-refractivity contribution is 7.91. The summed E-state index contributed by atoms with van der Waals surface area (Å²) < 4.78 is 60.8. The third kappa shape index (κ3) is 3.92. The van der Waals surface area contributed by atoms with Crippen LogP contribution in [0.15, 0.2) is 21.7 Å². The second kappa shape index (κ2) is 7.22. The highest BCUT2D eigenvalue weighted by atomic mass is 32.2. The molecule has 0 N–H and O–H groups in total. The Kier molecular flexibility index (Phi) is 5.55. The van der Waals surface area contributed by atoms with Gasteiger partial charge in [-0.3, -0.25) is 0 Å². The number of sulfonamides is 1. The first kappa shape index (κ1) is 19.2. The lowest BCUT2D eigenvalue weighted by atomic mass is 10.3. The third-order valence-corrected chi connectivity index (χ3v) is 9.57. The molecule has 1 aromatic rings. The van der Waals surface area contributed by atoms with Crippen LogP contribution in [0.4, 0.5) is 0 Å². The second-order valence-electron chi connectivity index (χ2n) is 6.32. The van der Waals surface area contributed by atoms with Crippen molar-refractivity contribution >= 4 is 31.6 Å². The molecule has 3 heterocycles. The summed E-state index contributed by atoms with van der Waals surface area (Å²) in [6.45, 7) is 4.98. The van der Waals surface area contributed by atoms with Crippen LogP contribution in [0.5, 0.6) is 0 Å². The van der Waals surface area contributed by atoms with Crippen molar-refractivity contribution in [3.05, 3.63) is 17.5 Å². The van der Waals surface area contributed by atoms with Gasteiger partial charge < -0.3 is 4.74 Å². The van der Waals surface area contributed by atoms with Gasteiger partial charge in [0.2, 0.25) is 0 Å². The van der Waals surface area contributed by atoms with Gasteiger partial charge in [0.15, 0.2) is 0 Å². The quantitative estimate of drug-likeness (QED) is 0.719. The third-order valence-electron chi connectivity index (χ3n) is 4.33. The minimum absolute atomic E-state index is 0.154. The Morgan fingerprint density at radius 2 is 1.52 bits per heavy atom. The van der Waals surface area contributed by atoms with E-state index in [9.17, 15) is 16.8 Å². The van der Waals surface area contributed by atoms with Crippen LogP contribution in [0.3, 0.4) is 0 Å². The molecule has 2 aliphatic rings. The molecule has 0 saturated carbocycles. The van der Waals surface area contributed by atoms with Crippen molar-refractivity contribution in [1.82, 2.24) is 12.9 Å². The van der Waals surface area contributed by atoms with E-state index in [1.165, 1.54) is 24.3 Å². The summed E-state index contributed by atoms with van der Waals surface area (Å²) in [5.41, 5.74) is 0. The monoisotopic (exact) mass is 409 g/mol. The van der Waals surface area contributed by atoms with Gasteiger partial charge in [0.1, 0.15) is 4.21 Å². The molecule has 2 saturated heterocycles. The Labute approximate surface area is 153 Å². The van der Waals surface area contributed by atoms with Crippen LogP contribution in [-0.2, 0) is 25.0 Å². The molecule has 3 rings (SSSR count). The molecule has 2 atom stereocenters. The SMILES string of the molecule is C[C@@H]1CN(S(=O)(=O)N2CCN(S(=O)(=O)c3cccs3)CC2)C[C@H](C)O1. The van der Waals surface area contributed by atoms with Gasteiger partial charge in [0, 0.05) is 39.3 Å². The first-order valence-electron chi connectivity index (χ1n) is 8.15. The molecule has 8 nitrogen and oxygen atoms in total. The highest BCUT2D eigenvalue weighted by Gasteiger charge is 2.38. The van der Waals surface area contributed by atoms with Gasteiger partial charge in [-0.25, -0.2) is 8.42 Å². The van der Waals surface area contributed by atoms with E-state index in [1.807, 2.05) is 13.8 Å². The molecular formula is C14H23N3O5S3. The van der Waals surface area contributed by atoms with Crippen molar-refractivity contribution in [2.45, 2.75) is 30.3 Å². The van der Waals surface area contributed by atoms with E-state index in [2.05, 4.69) is 0 Å². The van der Waals surface area contributed by atoms with E-state index in [0.29, 0.717) is 17.3 Å². The maximum Gasteiger partial charge on any atom is 0.282 e. The number of piperazine rings is 1. The fourth-order valence-electron chi connectivity index (χ4n) is 3.16. The molecule has 0 radical (unpaired) electrons. The van der Waals surface area contributed by atoms with E-state index in [4.69, 9.17) is 4.74 Å². The Morgan fingerprint density at radius 3 is 2.04 bits per heavy atom. The maximum absolute atomic E-state index is 12.8. The lowest BCUT2D eigenvalue weighted by Crippen LogP contribution is -2.57. The predicted molar refractivity (Wildman–Crippen MR) is 95.2 cm³/mol. The molecular weight excluding hydrogens is 386 g/mol. The van der Waals surface area contributed by atoms with Gasteiger partial charge in [-0.2, -0.15) is 21.3 Å². The summed E-state index contributed by atoms with van der Waals surface area (Å²) in [5.74, 6) is 0. The molecule has 2 fully saturated rings. The molecule has 1 aromatic heterocycles. The number of nitrogens with zero attached hydrogens (tertiary/aromatic N) is 3. The molecule has 2 aliphatic heterocycles. The lowest BCUT2D eigenvalue weighted by Gasteiger charge is -2.39.